The van der Waals surface area contributed by atoms with Gasteiger partial charge in [0.1, 0.15) is 0 Å². The molecule has 0 spiro atoms. The fourth-order valence-corrected chi connectivity index (χ4v) is 2.33. The Labute approximate surface area is 100 Å². The molecule has 1 fully saturated rings. The second-order valence-electron chi connectivity index (χ2n) is 4.17. The predicted molar refractivity (Wildman–Crippen MR) is 64.5 cm³/mol. The van der Waals surface area contributed by atoms with Gasteiger partial charge >= 0.3 is 5.97 Å². The molecule has 2 N–H and O–H groups in total. The molecule has 0 saturated heterocycles. The lowest BCUT2D eigenvalue weighted by atomic mass is 9.81. The summed E-state index contributed by atoms with van der Waals surface area (Å²) >= 11 is 1.70. The monoisotopic (exact) mass is 245 g/mol. The van der Waals surface area contributed by atoms with Crippen LogP contribution in [0.25, 0.3) is 0 Å². The Hall–Kier alpha value is -0.710. The van der Waals surface area contributed by atoms with Gasteiger partial charge in [0.05, 0.1) is 5.92 Å². The van der Waals surface area contributed by atoms with E-state index >= 15 is 0 Å². The van der Waals surface area contributed by atoms with E-state index in [0.717, 1.165) is 5.75 Å². The molecule has 0 unspecified atom stereocenters. The molecule has 1 aliphatic carbocycles. The lowest BCUT2D eigenvalue weighted by Gasteiger charge is -2.25. The van der Waals surface area contributed by atoms with Crippen molar-refractivity contribution in [3.8, 4) is 0 Å². The number of thioether (sulfide) groups is 1. The molecule has 1 rings (SSSR count). The lowest BCUT2D eigenvalue weighted by molar-refractivity contribution is -0.144. The third-order valence-corrected chi connectivity index (χ3v) is 3.67. The van der Waals surface area contributed by atoms with Gasteiger partial charge in [-0.25, -0.2) is 0 Å². The van der Waals surface area contributed by atoms with Crippen LogP contribution >= 0.6 is 11.8 Å². The molecule has 0 radical (unpaired) electrons. The molecule has 0 aromatic heterocycles. The summed E-state index contributed by atoms with van der Waals surface area (Å²) in [5, 5.41) is 11.7. The van der Waals surface area contributed by atoms with Crippen molar-refractivity contribution in [2.75, 3.05) is 18.6 Å². The van der Waals surface area contributed by atoms with Crippen LogP contribution in [-0.2, 0) is 9.59 Å². The highest BCUT2D eigenvalue weighted by molar-refractivity contribution is 7.98. The van der Waals surface area contributed by atoms with Crippen molar-refractivity contribution in [2.24, 2.45) is 11.8 Å². The number of carboxylic acids is 1. The third kappa shape index (κ3) is 4.04. The van der Waals surface area contributed by atoms with E-state index in [9.17, 15) is 9.59 Å². The van der Waals surface area contributed by atoms with Crippen LogP contribution in [0, 0.1) is 11.8 Å². The molecule has 0 bridgehead atoms. The van der Waals surface area contributed by atoms with Crippen LogP contribution in [0.3, 0.4) is 0 Å². The maximum Gasteiger partial charge on any atom is 0.306 e. The lowest BCUT2D eigenvalue weighted by Crippen LogP contribution is -2.35. The summed E-state index contributed by atoms with van der Waals surface area (Å²) in [6, 6.07) is 0. The highest BCUT2D eigenvalue weighted by Crippen LogP contribution is 2.28. The summed E-state index contributed by atoms with van der Waals surface area (Å²) in [7, 11) is 0. The Morgan fingerprint density at radius 2 is 1.81 bits per heavy atom. The minimum absolute atomic E-state index is 0.0254. The van der Waals surface area contributed by atoms with Crippen molar-refractivity contribution in [3.63, 3.8) is 0 Å². The number of carbonyl (C=O) groups is 2. The second-order valence-corrected chi connectivity index (χ2v) is 5.16. The number of hydrogen-bond acceptors (Lipinski definition) is 3. The van der Waals surface area contributed by atoms with Crippen molar-refractivity contribution < 1.29 is 14.7 Å². The van der Waals surface area contributed by atoms with Crippen molar-refractivity contribution in [1.29, 1.82) is 0 Å². The summed E-state index contributed by atoms with van der Waals surface area (Å²) in [5.74, 6) is 0.0859. The Balaban J connectivity index is 2.25. The van der Waals surface area contributed by atoms with E-state index < -0.39 is 5.97 Å². The van der Waals surface area contributed by atoms with E-state index in [-0.39, 0.29) is 17.7 Å². The van der Waals surface area contributed by atoms with E-state index in [4.69, 9.17) is 5.11 Å². The Bertz CT molecular complexity index is 250. The molecule has 0 aromatic carbocycles. The zero-order chi connectivity index (χ0) is 12.0. The quantitative estimate of drug-likeness (QED) is 0.718. The Kier molecular flexibility index (Phi) is 5.66. The highest BCUT2D eigenvalue weighted by atomic mass is 32.2. The maximum atomic E-state index is 11.7. The normalized spacial score (nSPS) is 25.1. The van der Waals surface area contributed by atoms with Crippen molar-refractivity contribution >= 4 is 23.6 Å². The molecule has 1 amide bonds. The fourth-order valence-electron chi connectivity index (χ4n) is 2.02. The Morgan fingerprint density at radius 3 is 2.31 bits per heavy atom. The van der Waals surface area contributed by atoms with Gasteiger partial charge < -0.3 is 10.4 Å². The second kappa shape index (κ2) is 6.78. The number of carboxylic acid groups (broad SMARTS) is 1. The van der Waals surface area contributed by atoms with Crippen LogP contribution in [0.15, 0.2) is 0 Å². The number of hydrogen-bond donors (Lipinski definition) is 2. The summed E-state index contributed by atoms with van der Waals surface area (Å²) in [5.41, 5.74) is 0. The zero-order valence-electron chi connectivity index (χ0n) is 9.57. The van der Waals surface area contributed by atoms with Crippen LogP contribution in [0.2, 0.25) is 0 Å². The minimum Gasteiger partial charge on any atom is -0.481 e. The van der Waals surface area contributed by atoms with Crippen LogP contribution in [-0.4, -0.2) is 35.5 Å². The van der Waals surface area contributed by atoms with Crippen molar-refractivity contribution in [3.05, 3.63) is 0 Å². The van der Waals surface area contributed by atoms with Gasteiger partial charge in [0.15, 0.2) is 0 Å². The van der Waals surface area contributed by atoms with Gasteiger partial charge in [-0.05, 0) is 31.9 Å². The first-order chi connectivity index (χ1) is 7.65. The number of aliphatic carboxylic acids is 1. The number of amides is 1. The van der Waals surface area contributed by atoms with Gasteiger partial charge in [-0.1, -0.05) is 0 Å². The molecule has 1 aliphatic rings. The average molecular weight is 245 g/mol. The SMILES string of the molecule is CSCCNC(=O)C1CCC(C(=O)O)CC1. The first-order valence-electron chi connectivity index (χ1n) is 5.64. The summed E-state index contributed by atoms with van der Waals surface area (Å²) in [6.07, 6.45) is 4.69. The van der Waals surface area contributed by atoms with Gasteiger partial charge in [-0.2, -0.15) is 11.8 Å². The molecule has 0 heterocycles. The van der Waals surface area contributed by atoms with Crippen molar-refractivity contribution in [1.82, 2.24) is 5.32 Å². The summed E-state index contributed by atoms with van der Waals surface area (Å²) < 4.78 is 0. The third-order valence-electron chi connectivity index (χ3n) is 3.05. The fraction of sp³-hybridized carbons (Fsp3) is 0.818. The van der Waals surface area contributed by atoms with Crippen LogP contribution < -0.4 is 5.32 Å². The number of nitrogens with one attached hydrogen (secondary N) is 1. The smallest absolute Gasteiger partial charge is 0.306 e. The maximum absolute atomic E-state index is 11.7. The number of carbonyl (C=O) groups excluding carboxylic acids is 1. The van der Waals surface area contributed by atoms with E-state index in [1.807, 2.05) is 6.26 Å². The summed E-state index contributed by atoms with van der Waals surface area (Å²) in [6.45, 7) is 0.707. The molecular formula is C11H19NO3S. The molecule has 0 aliphatic heterocycles. The minimum atomic E-state index is -0.721. The molecule has 92 valence electrons. The van der Waals surface area contributed by atoms with Gasteiger partial charge in [0.25, 0.3) is 0 Å². The van der Waals surface area contributed by atoms with Crippen molar-refractivity contribution in [2.45, 2.75) is 25.7 Å². The first kappa shape index (κ1) is 13.4. The predicted octanol–water partition coefficient (Wildman–Crippen LogP) is 1.36. The van der Waals surface area contributed by atoms with E-state index in [1.54, 1.807) is 11.8 Å². The number of rotatable bonds is 5. The molecule has 1 saturated carbocycles. The summed E-state index contributed by atoms with van der Waals surface area (Å²) in [4.78, 5) is 22.4. The largest absolute Gasteiger partial charge is 0.481 e. The van der Waals surface area contributed by atoms with Gasteiger partial charge in [-0.3, -0.25) is 9.59 Å². The van der Waals surface area contributed by atoms with Gasteiger partial charge in [0.2, 0.25) is 5.91 Å². The van der Waals surface area contributed by atoms with Gasteiger partial charge in [-0.15, -0.1) is 0 Å². The molecule has 16 heavy (non-hydrogen) atoms. The molecule has 0 aromatic rings. The molecule has 4 nitrogen and oxygen atoms in total. The zero-order valence-corrected chi connectivity index (χ0v) is 10.4. The van der Waals surface area contributed by atoms with Crippen LogP contribution in [0.5, 0.6) is 0 Å². The molecule has 0 atom stereocenters. The van der Waals surface area contributed by atoms with Crippen LogP contribution in [0.1, 0.15) is 25.7 Å². The molecule has 5 heteroatoms. The average Bonchev–Trinajstić information content (AvgIpc) is 2.29. The van der Waals surface area contributed by atoms with E-state index in [2.05, 4.69) is 5.32 Å². The van der Waals surface area contributed by atoms with E-state index in [0.29, 0.717) is 32.2 Å². The first-order valence-corrected chi connectivity index (χ1v) is 7.04. The standard InChI is InChI=1S/C11H19NO3S/c1-16-7-6-12-10(13)8-2-4-9(5-3-8)11(14)15/h8-9H,2-7H2,1H3,(H,12,13)(H,14,15). The molecular weight excluding hydrogens is 226 g/mol. The topological polar surface area (TPSA) is 66.4 Å². The highest BCUT2D eigenvalue weighted by Gasteiger charge is 2.29. The van der Waals surface area contributed by atoms with Crippen LogP contribution in [0.4, 0.5) is 0 Å². The van der Waals surface area contributed by atoms with Gasteiger partial charge in [0, 0.05) is 18.2 Å². The van der Waals surface area contributed by atoms with E-state index in [1.165, 1.54) is 0 Å². The Morgan fingerprint density at radius 1 is 1.25 bits per heavy atom.